The zero-order valence-electron chi connectivity index (χ0n) is 25.8. The first-order chi connectivity index (χ1) is 18.7. The lowest BCUT2D eigenvalue weighted by Gasteiger charge is -2.18. The average Bonchev–Trinajstić information content (AvgIpc) is 2.91. The van der Waals surface area contributed by atoms with Gasteiger partial charge in [-0.1, -0.05) is 97.8 Å². The first kappa shape index (κ1) is 34.7. The van der Waals surface area contributed by atoms with E-state index in [4.69, 9.17) is 0 Å². The predicted molar refractivity (Wildman–Crippen MR) is 164 cm³/mol. The molecular formula is C33H57N3O3. The molecule has 0 aromatic heterocycles. The molecule has 0 unspecified atom stereocenters. The van der Waals surface area contributed by atoms with Crippen molar-refractivity contribution >= 4 is 17.7 Å². The standard InChI is InChI=1S/C33H57N3O3/c1-7-10-13-16-19-25(4)34-31(37)28-22-29(32(38)35-26(5)20-17-14-11-8-2)24-30(23-28)33(39)36-27(6)21-18-15-12-9-3/h22-27H,7-21H2,1-6H3,(H,34,37)(H,35,38)(H,36,39)/t25-,26-,27-/m0/s1. The van der Waals surface area contributed by atoms with Crippen molar-refractivity contribution in [3.63, 3.8) is 0 Å². The Morgan fingerprint density at radius 1 is 0.487 bits per heavy atom. The molecule has 0 aliphatic rings. The summed E-state index contributed by atoms with van der Waals surface area (Å²) in [5, 5.41) is 9.19. The second-order valence-corrected chi connectivity index (χ2v) is 11.5. The molecule has 1 aromatic carbocycles. The predicted octanol–water partition coefficient (Wildman–Crippen LogP) is 7.95. The topological polar surface area (TPSA) is 87.3 Å². The third-order valence-electron chi connectivity index (χ3n) is 7.32. The molecule has 1 rings (SSSR count). The van der Waals surface area contributed by atoms with Crippen molar-refractivity contribution in [2.45, 2.75) is 156 Å². The molecular weight excluding hydrogens is 486 g/mol. The summed E-state index contributed by atoms with van der Waals surface area (Å²) in [6, 6.07) is 4.91. The van der Waals surface area contributed by atoms with E-state index in [9.17, 15) is 14.4 Å². The van der Waals surface area contributed by atoms with Crippen LogP contribution in [0.3, 0.4) is 0 Å². The maximum Gasteiger partial charge on any atom is 0.251 e. The normalized spacial score (nSPS) is 13.4. The highest BCUT2D eigenvalue weighted by atomic mass is 16.2. The van der Waals surface area contributed by atoms with E-state index in [0.717, 1.165) is 57.8 Å². The summed E-state index contributed by atoms with van der Waals surface area (Å²) < 4.78 is 0. The molecule has 0 heterocycles. The molecule has 0 radical (unpaired) electrons. The number of benzene rings is 1. The Labute approximate surface area is 238 Å². The van der Waals surface area contributed by atoms with E-state index < -0.39 is 0 Å². The number of amides is 3. The van der Waals surface area contributed by atoms with Gasteiger partial charge in [-0.3, -0.25) is 14.4 Å². The minimum Gasteiger partial charge on any atom is -0.350 e. The number of carbonyl (C=O) groups excluding carboxylic acids is 3. The Morgan fingerprint density at radius 2 is 0.744 bits per heavy atom. The van der Waals surface area contributed by atoms with Crippen molar-refractivity contribution in [3.8, 4) is 0 Å². The fraction of sp³-hybridized carbons (Fsp3) is 0.727. The van der Waals surface area contributed by atoms with Gasteiger partial charge >= 0.3 is 0 Å². The molecule has 0 fully saturated rings. The Hall–Kier alpha value is -2.37. The van der Waals surface area contributed by atoms with Crippen LogP contribution in [0.5, 0.6) is 0 Å². The van der Waals surface area contributed by atoms with Gasteiger partial charge in [0, 0.05) is 34.8 Å². The molecule has 1 aromatic rings. The molecule has 6 heteroatoms. The maximum atomic E-state index is 13.2. The molecule has 6 nitrogen and oxygen atoms in total. The number of rotatable bonds is 21. The van der Waals surface area contributed by atoms with Crippen molar-refractivity contribution in [1.82, 2.24) is 16.0 Å². The number of carbonyl (C=O) groups is 3. The first-order valence-corrected chi connectivity index (χ1v) is 15.8. The van der Waals surface area contributed by atoms with Gasteiger partial charge in [-0.25, -0.2) is 0 Å². The lowest BCUT2D eigenvalue weighted by Crippen LogP contribution is -2.36. The van der Waals surface area contributed by atoms with Crippen molar-refractivity contribution in [1.29, 1.82) is 0 Å². The molecule has 0 aliphatic heterocycles. The van der Waals surface area contributed by atoms with Gasteiger partial charge in [0.2, 0.25) is 0 Å². The molecule has 0 aliphatic carbocycles. The van der Waals surface area contributed by atoms with Crippen LogP contribution in [0.4, 0.5) is 0 Å². The van der Waals surface area contributed by atoms with Gasteiger partial charge in [0.05, 0.1) is 0 Å². The van der Waals surface area contributed by atoms with Crippen LogP contribution >= 0.6 is 0 Å². The zero-order chi connectivity index (χ0) is 29.0. The second-order valence-electron chi connectivity index (χ2n) is 11.5. The maximum absolute atomic E-state index is 13.2. The summed E-state index contributed by atoms with van der Waals surface area (Å²) in [6.45, 7) is 12.6. The lowest BCUT2D eigenvalue weighted by atomic mass is 10.0. The SMILES string of the molecule is CCCCCC[C@H](C)NC(=O)c1cc(C(=O)N[C@@H](C)CCCCCC)cc(C(=O)N[C@@H](C)CCCCCC)c1. The summed E-state index contributed by atoms with van der Waals surface area (Å²) in [4.78, 5) is 39.5. The van der Waals surface area contributed by atoms with Gasteiger partial charge in [0.25, 0.3) is 17.7 Å². The Kier molecular flexibility index (Phi) is 18.2. The van der Waals surface area contributed by atoms with Crippen LogP contribution in [0.2, 0.25) is 0 Å². The fourth-order valence-corrected chi connectivity index (χ4v) is 4.79. The van der Waals surface area contributed by atoms with Gasteiger partial charge in [-0.05, 0) is 58.2 Å². The lowest BCUT2D eigenvalue weighted by molar-refractivity contribution is 0.0937. The van der Waals surface area contributed by atoms with Crippen molar-refractivity contribution in [2.24, 2.45) is 0 Å². The number of hydrogen-bond donors (Lipinski definition) is 3. The largest absolute Gasteiger partial charge is 0.350 e. The molecule has 222 valence electrons. The van der Waals surface area contributed by atoms with Crippen LogP contribution in [0.25, 0.3) is 0 Å². The molecule has 3 atom stereocenters. The van der Waals surface area contributed by atoms with Crippen molar-refractivity contribution in [2.75, 3.05) is 0 Å². The molecule has 0 saturated heterocycles. The van der Waals surface area contributed by atoms with Crippen LogP contribution in [0.15, 0.2) is 18.2 Å². The van der Waals surface area contributed by atoms with E-state index in [1.54, 1.807) is 18.2 Å². The minimum absolute atomic E-state index is 0.0235. The van der Waals surface area contributed by atoms with Crippen LogP contribution in [0, 0.1) is 0 Å². The Morgan fingerprint density at radius 3 is 0.974 bits per heavy atom. The molecule has 0 spiro atoms. The summed E-state index contributed by atoms with van der Waals surface area (Å²) in [5.74, 6) is -0.745. The van der Waals surface area contributed by atoms with Crippen molar-refractivity contribution in [3.05, 3.63) is 34.9 Å². The van der Waals surface area contributed by atoms with Crippen LogP contribution in [0.1, 0.15) is 169 Å². The van der Waals surface area contributed by atoms with Gasteiger partial charge < -0.3 is 16.0 Å². The quantitative estimate of drug-likeness (QED) is 0.137. The Bertz CT molecular complexity index is 733. The smallest absolute Gasteiger partial charge is 0.251 e. The van der Waals surface area contributed by atoms with E-state index >= 15 is 0 Å². The van der Waals surface area contributed by atoms with Gasteiger partial charge in [0.15, 0.2) is 0 Å². The molecule has 39 heavy (non-hydrogen) atoms. The molecule has 3 N–H and O–H groups in total. The molecule has 3 amide bonds. The average molecular weight is 544 g/mol. The summed E-state index contributed by atoms with van der Waals surface area (Å²) >= 11 is 0. The van der Waals surface area contributed by atoms with Crippen LogP contribution in [-0.4, -0.2) is 35.8 Å². The van der Waals surface area contributed by atoms with Crippen LogP contribution in [-0.2, 0) is 0 Å². The summed E-state index contributed by atoms with van der Waals surface area (Å²) in [6.07, 6.45) is 16.5. The molecule has 0 saturated carbocycles. The summed E-state index contributed by atoms with van der Waals surface area (Å²) in [7, 11) is 0. The Balaban J connectivity index is 3.00. The highest BCUT2D eigenvalue weighted by molar-refractivity contribution is 6.04. The highest BCUT2D eigenvalue weighted by Gasteiger charge is 2.19. The summed E-state index contributed by atoms with van der Waals surface area (Å²) in [5.41, 5.74) is 1.04. The van der Waals surface area contributed by atoms with E-state index in [1.807, 2.05) is 20.8 Å². The number of hydrogen-bond acceptors (Lipinski definition) is 3. The highest BCUT2D eigenvalue weighted by Crippen LogP contribution is 2.15. The monoisotopic (exact) mass is 543 g/mol. The van der Waals surface area contributed by atoms with E-state index in [1.165, 1.54) is 38.5 Å². The van der Waals surface area contributed by atoms with E-state index in [2.05, 4.69) is 36.7 Å². The third-order valence-corrected chi connectivity index (χ3v) is 7.32. The van der Waals surface area contributed by atoms with E-state index in [0.29, 0.717) is 16.7 Å². The van der Waals surface area contributed by atoms with Gasteiger partial charge in [0.1, 0.15) is 0 Å². The van der Waals surface area contributed by atoms with E-state index in [-0.39, 0.29) is 35.8 Å². The van der Waals surface area contributed by atoms with Gasteiger partial charge in [-0.15, -0.1) is 0 Å². The van der Waals surface area contributed by atoms with Gasteiger partial charge in [-0.2, -0.15) is 0 Å². The fourth-order valence-electron chi connectivity index (χ4n) is 4.79. The molecule has 0 bridgehead atoms. The van der Waals surface area contributed by atoms with Crippen LogP contribution < -0.4 is 16.0 Å². The number of unbranched alkanes of at least 4 members (excludes halogenated alkanes) is 9. The number of nitrogens with one attached hydrogen (secondary N) is 3. The minimum atomic E-state index is -0.248. The first-order valence-electron chi connectivity index (χ1n) is 15.8. The second kappa shape index (κ2) is 20.5. The zero-order valence-corrected chi connectivity index (χ0v) is 25.8. The van der Waals surface area contributed by atoms with Crippen molar-refractivity contribution < 1.29 is 14.4 Å². The third kappa shape index (κ3) is 15.1.